The standard InChI is InChI=1S/C21H24ClFN2O3/c1-3-12-24-21(27)15(2)25(13-16-8-10-17(22)11-9-16)20(26)14-28-19-7-5-4-6-18(19)23/h4-11,15H,3,12-14H2,1-2H3,(H,24,27). The Morgan fingerprint density at radius 3 is 2.50 bits per heavy atom. The van der Waals surface area contributed by atoms with Crippen LogP contribution in [0.3, 0.4) is 0 Å². The number of ether oxygens (including phenoxy) is 1. The van der Waals surface area contributed by atoms with Gasteiger partial charge < -0.3 is 15.0 Å². The van der Waals surface area contributed by atoms with Crippen LogP contribution in [-0.4, -0.2) is 35.9 Å². The SMILES string of the molecule is CCCNC(=O)C(C)N(Cc1ccc(Cl)cc1)C(=O)COc1ccccc1F. The summed E-state index contributed by atoms with van der Waals surface area (Å²) in [7, 11) is 0. The van der Waals surface area contributed by atoms with Gasteiger partial charge in [-0.15, -0.1) is 0 Å². The molecule has 5 nitrogen and oxygen atoms in total. The van der Waals surface area contributed by atoms with Gasteiger partial charge in [-0.2, -0.15) is 0 Å². The van der Waals surface area contributed by atoms with E-state index in [9.17, 15) is 14.0 Å². The van der Waals surface area contributed by atoms with Crippen molar-refractivity contribution in [2.75, 3.05) is 13.2 Å². The van der Waals surface area contributed by atoms with Gasteiger partial charge in [-0.3, -0.25) is 9.59 Å². The van der Waals surface area contributed by atoms with Gasteiger partial charge >= 0.3 is 0 Å². The van der Waals surface area contributed by atoms with Crippen molar-refractivity contribution in [3.8, 4) is 5.75 Å². The summed E-state index contributed by atoms with van der Waals surface area (Å²) in [5.41, 5.74) is 0.818. The summed E-state index contributed by atoms with van der Waals surface area (Å²) >= 11 is 5.91. The molecule has 150 valence electrons. The van der Waals surface area contributed by atoms with Gasteiger partial charge in [0, 0.05) is 18.1 Å². The Hall–Kier alpha value is -2.60. The summed E-state index contributed by atoms with van der Waals surface area (Å²) in [5.74, 6) is -1.23. The maximum absolute atomic E-state index is 13.7. The Labute approximate surface area is 169 Å². The highest BCUT2D eigenvalue weighted by atomic mass is 35.5. The van der Waals surface area contributed by atoms with Gasteiger partial charge in [0.2, 0.25) is 5.91 Å². The fraction of sp³-hybridized carbons (Fsp3) is 0.333. The molecule has 2 aromatic carbocycles. The van der Waals surface area contributed by atoms with Crippen LogP contribution in [0.25, 0.3) is 0 Å². The van der Waals surface area contributed by atoms with E-state index in [4.69, 9.17) is 16.3 Å². The molecule has 0 aromatic heterocycles. The van der Waals surface area contributed by atoms with Crippen LogP contribution in [0.15, 0.2) is 48.5 Å². The van der Waals surface area contributed by atoms with Gasteiger partial charge in [0.05, 0.1) is 0 Å². The van der Waals surface area contributed by atoms with Crippen LogP contribution < -0.4 is 10.1 Å². The number of hydrogen-bond donors (Lipinski definition) is 1. The van der Waals surface area contributed by atoms with Crippen molar-refractivity contribution in [1.29, 1.82) is 0 Å². The molecule has 1 atom stereocenters. The van der Waals surface area contributed by atoms with Crippen molar-refractivity contribution in [3.05, 3.63) is 64.9 Å². The lowest BCUT2D eigenvalue weighted by molar-refractivity contribution is -0.142. The second-order valence-electron chi connectivity index (χ2n) is 6.33. The second kappa shape index (κ2) is 10.7. The largest absolute Gasteiger partial charge is 0.481 e. The Balaban J connectivity index is 2.13. The smallest absolute Gasteiger partial charge is 0.261 e. The number of nitrogens with one attached hydrogen (secondary N) is 1. The molecule has 0 aliphatic rings. The molecule has 0 saturated carbocycles. The number of carbonyl (C=O) groups excluding carboxylic acids is 2. The Morgan fingerprint density at radius 2 is 1.86 bits per heavy atom. The first kappa shape index (κ1) is 21.7. The molecule has 2 aromatic rings. The van der Waals surface area contributed by atoms with E-state index in [0.29, 0.717) is 11.6 Å². The molecule has 28 heavy (non-hydrogen) atoms. The average Bonchev–Trinajstić information content (AvgIpc) is 2.70. The monoisotopic (exact) mass is 406 g/mol. The zero-order valence-electron chi connectivity index (χ0n) is 16.0. The van der Waals surface area contributed by atoms with Gasteiger partial charge in [-0.05, 0) is 43.2 Å². The number of rotatable bonds is 9. The van der Waals surface area contributed by atoms with E-state index in [1.54, 1.807) is 37.3 Å². The number of halogens is 2. The highest BCUT2D eigenvalue weighted by Gasteiger charge is 2.26. The number of carbonyl (C=O) groups is 2. The number of nitrogens with zero attached hydrogens (tertiary/aromatic N) is 1. The third kappa shape index (κ3) is 6.23. The molecule has 7 heteroatoms. The summed E-state index contributed by atoms with van der Waals surface area (Å²) in [4.78, 5) is 26.6. The van der Waals surface area contributed by atoms with Crippen LogP contribution in [0, 0.1) is 5.82 Å². The number of amides is 2. The summed E-state index contributed by atoms with van der Waals surface area (Å²) in [6.07, 6.45) is 0.792. The molecule has 0 fully saturated rings. The first-order valence-corrected chi connectivity index (χ1v) is 9.49. The van der Waals surface area contributed by atoms with E-state index < -0.39 is 17.8 Å². The molecule has 0 heterocycles. The lowest BCUT2D eigenvalue weighted by atomic mass is 10.1. The van der Waals surface area contributed by atoms with Gasteiger partial charge in [-0.25, -0.2) is 4.39 Å². The molecule has 1 N–H and O–H groups in total. The molecule has 0 saturated heterocycles. The zero-order valence-corrected chi connectivity index (χ0v) is 16.7. The predicted molar refractivity (Wildman–Crippen MR) is 107 cm³/mol. The van der Waals surface area contributed by atoms with Crippen molar-refractivity contribution in [1.82, 2.24) is 10.2 Å². The van der Waals surface area contributed by atoms with Gasteiger partial charge in [0.25, 0.3) is 5.91 Å². The Morgan fingerprint density at radius 1 is 1.18 bits per heavy atom. The van der Waals surface area contributed by atoms with Crippen LogP contribution in [0.2, 0.25) is 5.02 Å². The summed E-state index contributed by atoms with van der Waals surface area (Å²) in [5, 5.41) is 3.37. The topological polar surface area (TPSA) is 58.6 Å². The molecule has 0 spiro atoms. The number of para-hydroxylation sites is 1. The van der Waals surface area contributed by atoms with Crippen LogP contribution >= 0.6 is 11.6 Å². The van der Waals surface area contributed by atoms with Crippen molar-refractivity contribution in [2.24, 2.45) is 0 Å². The quantitative estimate of drug-likeness (QED) is 0.689. The summed E-state index contributed by atoms with van der Waals surface area (Å²) < 4.78 is 19.1. The third-order valence-electron chi connectivity index (χ3n) is 4.17. The van der Waals surface area contributed by atoms with Gasteiger partial charge in [0.1, 0.15) is 6.04 Å². The molecule has 0 aliphatic carbocycles. The molecular formula is C21H24ClFN2O3. The van der Waals surface area contributed by atoms with Crippen molar-refractivity contribution < 1.29 is 18.7 Å². The molecular weight excluding hydrogens is 383 g/mol. The average molecular weight is 407 g/mol. The van der Waals surface area contributed by atoms with Crippen molar-refractivity contribution in [2.45, 2.75) is 32.9 Å². The van der Waals surface area contributed by atoms with E-state index in [2.05, 4.69) is 5.32 Å². The maximum Gasteiger partial charge on any atom is 0.261 e. The molecule has 0 radical (unpaired) electrons. The fourth-order valence-electron chi connectivity index (χ4n) is 2.55. The maximum atomic E-state index is 13.7. The zero-order chi connectivity index (χ0) is 20.5. The second-order valence-corrected chi connectivity index (χ2v) is 6.77. The number of hydrogen-bond acceptors (Lipinski definition) is 3. The Bertz CT molecular complexity index is 798. The van der Waals surface area contributed by atoms with Crippen molar-refractivity contribution >= 4 is 23.4 Å². The lowest BCUT2D eigenvalue weighted by Gasteiger charge is -2.28. The van der Waals surface area contributed by atoms with Crippen LogP contribution in [-0.2, 0) is 16.1 Å². The van der Waals surface area contributed by atoms with Crippen molar-refractivity contribution in [3.63, 3.8) is 0 Å². The minimum atomic E-state index is -0.709. The summed E-state index contributed by atoms with van der Waals surface area (Å²) in [6, 6.07) is 12.2. The van der Waals surface area contributed by atoms with Gasteiger partial charge in [0.15, 0.2) is 18.2 Å². The highest BCUT2D eigenvalue weighted by molar-refractivity contribution is 6.30. The molecule has 2 rings (SSSR count). The van der Waals surface area contributed by atoms with E-state index in [1.807, 2.05) is 6.92 Å². The Kier molecular flexibility index (Phi) is 8.26. The molecule has 2 amide bonds. The van der Waals surface area contributed by atoms with Crippen LogP contribution in [0.1, 0.15) is 25.8 Å². The highest BCUT2D eigenvalue weighted by Crippen LogP contribution is 2.17. The third-order valence-corrected chi connectivity index (χ3v) is 4.42. The normalized spacial score (nSPS) is 11.6. The minimum Gasteiger partial charge on any atom is -0.481 e. The molecule has 1 unspecified atom stereocenters. The van der Waals surface area contributed by atoms with E-state index in [1.165, 1.54) is 23.1 Å². The van der Waals surface area contributed by atoms with E-state index in [-0.39, 0.29) is 24.8 Å². The fourth-order valence-corrected chi connectivity index (χ4v) is 2.68. The first-order valence-electron chi connectivity index (χ1n) is 9.11. The number of benzene rings is 2. The van der Waals surface area contributed by atoms with Crippen LogP contribution in [0.5, 0.6) is 5.75 Å². The van der Waals surface area contributed by atoms with Crippen LogP contribution in [0.4, 0.5) is 4.39 Å². The van der Waals surface area contributed by atoms with E-state index >= 15 is 0 Å². The first-order chi connectivity index (χ1) is 13.4. The van der Waals surface area contributed by atoms with Gasteiger partial charge in [-0.1, -0.05) is 42.8 Å². The van der Waals surface area contributed by atoms with E-state index in [0.717, 1.165) is 12.0 Å². The predicted octanol–water partition coefficient (Wildman–Crippen LogP) is 3.80. The molecule has 0 aliphatic heterocycles. The summed E-state index contributed by atoms with van der Waals surface area (Å²) in [6.45, 7) is 3.96. The molecule has 0 bridgehead atoms. The lowest BCUT2D eigenvalue weighted by Crippen LogP contribution is -2.49. The minimum absolute atomic E-state index is 0.00891.